The van der Waals surface area contributed by atoms with Crippen molar-refractivity contribution in [1.82, 2.24) is 10.2 Å². The first-order chi connectivity index (χ1) is 15.9. The first-order valence-electron chi connectivity index (χ1n) is 12.4. The summed E-state index contributed by atoms with van der Waals surface area (Å²) in [7, 11) is 0. The largest absolute Gasteiger partial charge is 0.339 e. The van der Waals surface area contributed by atoms with Gasteiger partial charge in [0.1, 0.15) is 0 Å². The predicted molar refractivity (Wildman–Crippen MR) is 138 cm³/mol. The van der Waals surface area contributed by atoms with Crippen LogP contribution in [0.3, 0.4) is 0 Å². The first-order valence-corrected chi connectivity index (χ1v) is 13.2. The van der Waals surface area contributed by atoms with Crippen LogP contribution in [0.2, 0.25) is 10.0 Å². The summed E-state index contributed by atoms with van der Waals surface area (Å²) in [6.07, 6.45) is 4.96. The second-order valence-electron chi connectivity index (χ2n) is 10.2. The highest BCUT2D eigenvalue weighted by atomic mass is 35.5. The van der Waals surface area contributed by atoms with Crippen LogP contribution >= 0.6 is 23.2 Å². The lowest BCUT2D eigenvalue weighted by Gasteiger charge is -2.45. The van der Waals surface area contributed by atoms with Crippen LogP contribution in [0.4, 0.5) is 0 Å². The van der Waals surface area contributed by atoms with Crippen molar-refractivity contribution in [3.05, 3.63) is 69.7 Å². The van der Waals surface area contributed by atoms with E-state index in [1.807, 2.05) is 24.3 Å². The molecule has 178 valence electrons. The van der Waals surface area contributed by atoms with E-state index in [9.17, 15) is 4.79 Å². The second kappa shape index (κ2) is 11.3. The molecule has 1 unspecified atom stereocenters. The van der Waals surface area contributed by atoms with E-state index in [1.54, 1.807) is 0 Å². The van der Waals surface area contributed by atoms with Crippen molar-refractivity contribution >= 4 is 29.1 Å². The number of carbonyl (C=O) groups excluding carboxylic acids is 1. The average Bonchev–Trinajstić information content (AvgIpc) is 2.82. The summed E-state index contributed by atoms with van der Waals surface area (Å²) in [4.78, 5) is 15.6. The molecule has 0 saturated carbocycles. The molecule has 2 aliphatic heterocycles. The van der Waals surface area contributed by atoms with Crippen LogP contribution in [0.5, 0.6) is 0 Å². The molecule has 1 N–H and O–H groups in total. The number of hydrogen-bond donors (Lipinski definition) is 1. The standard InChI is InChI=1S/C28H36Cl2N2O/c1-19(2)26-18-23(13-16-32(26)27(33)17-20-11-14-31-15-12-20)28(21-3-7-24(29)8-4-21)22-5-9-25(30)10-6-22/h3-10,19-20,23,26,28,31H,11-18H2,1-2H3/t23?,26-/m0/s1. The molecular weight excluding hydrogens is 451 g/mol. The monoisotopic (exact) mass is 486 g/mol. The zero-order chi connectivity index (χ0) is 23.4. The van der Waals surface area contributed by atoms with Gasteiger partial charge in [-0.3, -0.25) is 4.79 Å². The van der Waals surface area contributed by atoms with E-state index >= 15 is 0 Å². The van der Waals surface area contributed by atoms with E-state index in [2.05, 4.69) is 48.3 Å². The molecule has 3 nitrogen and oxygen atoms in total. The van der Waals surface area contributed by atoms with E-state index in [1.165, 1.54) is 11.1 Å². The van der Waals surface area contributed by atoms with Crippen LogP contribution in [-0.4, -0.2) is 36.5 Å². The third-order valence-corrected chi connectivity index (χ3v) is 8.13. The SMILES string of the molecule is CC(C)[C@@H]1CC(C(c2ccc(Cl)cc2)c2ccc(Cl)cc2)CCN1C(=O)CC1CCNCC1. The molecule has 2 atom stereocenters. The van der Waals surface area contributed by atoms with Crippen LogP contribution in [0.25, 0.3) is 0 Å². The van der Waals surface area contributed by atoms with E-state index in [-0.39, 0.29) is 12.0 Å². The van der Waals surface area contributed by atoms with Crippen molar-refractivity contribution in [2.24, 2.45) is 17.8 Å². The van der Waals surface area contributed by atoms with Crippen LogP contribution in [0, 0.1) is 17.8 Å². The van der Waals surface area contributed by atoms with Crippen LogP contribution in [0.15, 0.2) is 48.5 Å². The normalized spacial score (nSPS) is 22.2. The van der Waals surface area contributed by atoms with Crippen molar-refractivity contribution in [3.8, 4) is 0 Å². The number of nitrogens with zero attached hydrogens (tertiary/aromatic N) is 1. The molecule has 2 aromatic carbocycles. The van der Waals surface area contributed by atoms with E-state index in [4.69, 9.17) is 23.2 Å². The van der Waals surface area contributed by atoms with Gasteiger partial charge in [0.2, 0.25) is 5.91 Å². The zero-order valence-electron chi connectivity index (χ0n) is 19.8. The lowest BCUT2D eigenvalue weighted by Crippen LogP contribution is -2.50. The Bertz CT molecular complexity index is 861. The van der Waals surface area contributed by atoms with E-state index < -0.39 is 0 Å². The summed E-state index contributed by atoms with van der Waals surface area (Å²) in [5, 5.41) is 4.92. The van der Waals surface area contributed by atoms with Gasteiger partial charge in [-0.15, -0.1) is 0 Å². The average molecular weight is 488 g/mol. The number of rotatable bonds is 6. The van der Waals surface area contributed by atoms with Crippen molar-refractivity contribution in [2.75, 3.05) is 19.6 Å². The van der Waals surface area contributed by atoms with Gasteiger partial charge in [0.15, 0.2) is 0 Å². The van der Waals surface area contributed by atoms with Gasteiger partial charge >= 0.3 is 0 Å². The number of benzene rings is 2. The van der Waals surface area contributed by atoms with Gasteiger partial charge in [0, 0.05) is 35.0 Å². The minimum Gasteiger partial charge on any atom is -0.339 e. The number of nitrogens with one attached hydrogen (secondary N) is 1. The van der Waals surface area contributed by atoms with Crippen molar-refractivity contribution < 1.29 is 4.79 Å². The lowest BCUT2D eigenvalue weighted by atomic mass is 9.72. The summed E-state index contributed by atoms with van der Waals surface area (Å²) in [6.45, 7) is 7.44. The fourth-order valence-electron chi connectivity index (χ4n) is 5.80. The second-order valence-corrected chi connectivity index (χ2v) is 11.0. The summed E-state index contributed by atoms with van der Waals surface area (Å²) in [5.41, 5.74) is 2.56. The van der Waals surface area contributed by atoms with Gasteiger partial charge in [-0.05, 0) is 91.9 Å². The summed E-state index contributed by atoms with van der Waals surface area (Å²) in [5.74, 6) is 2.04. The Kier molecular flexibility index (Phi) is 8.38. The molecule has 0 aromatic heterocycles. The molecule has 0 radical (unpaired) electrons. The Morgan fingerprint density at radius 2 is 1.48 bits per heavy atom. The Morgan fingerprint density at radius 1 is 0.939 bits per heavy atom. The molecular formula is C28H36Cl2N2O. The fourth-order valence-corrected chi connectivity index (χ4v) is 6.05. The van der Waals surface area contributed by atoms with Gasteiger partial charge in [-0.1, -0.05) is 61.3 Å². The number of piperidine rings is 2. The number of amides is 1. The van der Waals surface area contributed by atoms with E-state index in [0.29, 0.717) is 30.1 Å². The van der Waals surface area contributed by atoms with Gasteiger partial charge in [0.25, 0.3) is 0 Å². The summed E-state index contributed by atoms with van der Waals surface area (Å²) < 4.78 is 0. The van der Waals surface area contributed by atoms with Crippen molar-refractivity contribution in [3.63, 3.8) is 0 Å². The molecule has 0 spiro atoms. The molecule has 4 rings (SSSR count). The lowest BCUT2D eigenvalue weighted by molar-refractivity contribution is -0.138. The number of halogens is 2. The molecule has 0 bridgehead atoms. The summed E-state index contributed by atoms with van der Waals surface area (Å²) >= 11 is 12.4. The van der Waals surface area contributed by atoms with Crippen LogP contribution in [0.1, 0.15) is 63.0 Å². The molecule has 33 heavy (non-hydrogen) atoms. The molecule has 0 aliphatic carbocycles. The van der Waals surface area contributed by atoms with Gasteiger partial charge < -0.3 is 10.2 Å². The third kappa shape index (κ3) is 6.12. The Hall–Kier alpha value is -1.55. The van der Waals surface area contributed by atoms with Gasteiger partial charge in [-0.2, -0.15) is 0 Å². The highest BCUT2D eigenvalue weighted by Gasteiger charge is 2.38. The number of hydrogen-bond acceptors (Lipinski definition) is 2. The maximum Gasteiger partial charge on any atom is 0.223 e. The molecule has 5 heteroatoms. The van der Waals surface area contributed by atoms with Gasteiger partial charge in [-0.25, -0.2) is 0 Å². The van der Waals surface area contributed by atoms with Crippen molar-refractivity contribution in [1.29, 1.82) is 0 Å². The molecule has 2 heterocycles. The maximum absolute atomic E-state index is 13.3. The summed E-state index contributed by atoms with van der Waals surface area (Å²) in [6, 6.07) is 16.8. The Morgan fingerprint density at radius 3 is 2.00 bits per heavy atom. The van der Waals surface area contributed by atoms with Crippen molar-refractivity contribution in [2.45, 2.75) is 57.9 Å². The number of carbonyl (C=O) groups is 1. The molecule has 1 amide bonds. The Balaban J connectivity index is 1.55. The number of likely N-dealkylation sites (tertiary alicyclic amines) is 1. The smallest absolute Gasteiger partial charge is 0.223 e. The zero-order valence-corrected chi connectivity index (χ0v) is 21.3. The van der Waals surface area contributed by atoms with Gasteiger partial charge in [0.05, 0.1) is 0 Å². The van der Waals surface area contributed by atoms with E-state index in [0.717, 1.165) is 55.4 Å². The quantitative estimate of drug-likeness (QED) is 0.487. The first kappa shape index (κ1) is 24.6. The molecule has 2 fully saturated rings. The minimum absolute atomic E-state index is 0.266. The molecule has 2 saturated heterocycles. The fraction of sp³-hybridized carbons (Fsp3) is 0.536. The molecule has 2 aromatic rings. The highest BCUT2D eigenvalue weighted by molar-refractivity contribution is 6.30. The Labute approximate surface area is 208 Å². The predicted octanol–water partition coefficient (Wildman–Crippen LogP) is 6.78. The third-order valence-electron chi connectivity index (χ3n) is 7.63. The topological polar surface area (TPSA) is 32.3 Å². The van der Waals surface area contributed by atoms with Crippen LogP contribution in [-0.2, 0) is 4.79 Å². The van der Waals surface area contributed by atoms with Crippen LogP contribution < -0.4 is 5.32 Å². The highest BCUT2D eigenvalue weighted by Crippen LogP contribution is 2.42. The molecule has 2 aliphatic rings. The minimum atomic E-state index is 0.266. The maximum atomic E-state index is 13.3.